The molecule has 0 bridgehead atoms. The largest absolute Gasteiger partial charge is 0.264 e. The number of pyridine rings is 1. The molecule has 2 aromatic heterocycles. The monoisotopic (exact) mass is 282 g/mol. The van der Waals surface area contributed by atoms with Gasteiger partial charge >= 0.3 is 0 Å². The van der Waals surface area contributed by atoms with E-state index in [0.717, 1.165) is 15.2 Å². The van der Waals surface area contributed by atoms with E-state index in [0.29, 0.717) is 5.92 Å². The summed E-state index contributed by atoms with van der Waals surface area (Å²) in [6.07, 6.45) is 3.62. The Morgan fingerprint density at radius 2 is 2.20 bits per heavy atom. The highest BCUT2D eigenvalue weighted by Crippen LogP contribution is 2.35. The van der Waals surface area contributed by atoms with Crippen LogP contribution in [0.1, 0.15) is 24.6 Å². The molecule has 0 amide bonds. The second-order valence-corrected chi connectivity index (χ2v) is 5.35. The van der Waals surface area contributed by atoms with Crippen LogP contribution in [0.15, 0.2) is 29.1 Å². The summed E-state index contributed by atoms with van der Waals surface area (Å²) in [5.74, 6) is 0.502. The molecule has 78 valence electrons. The molecular weight excluding hydrogens is 272 g/mol. The number of hydrogen-bond donors (Lipinski definition) is 0. The van der Waals surface area contributed by atoms with Gasteiger partial charge in [0.1, 0.15) is 9.61 Å². The van der Waals surface area contributed by atoms with E-state index in [2.05, 4.69) is 39.7 Å². The van der Waals surface area contributed by atoms with Gasteiger partial charge in [0.05, 0.1) is 0 Å². The van der Waals surface area contributed by atoms with Crippen molar-refractivity contribution < 1.29 is 0 Å². The molecule has 0 aromatic carbocycles. The zero-order chi connectivity index (χ0) is 10.8. The van der Waals surface area contributed by atoms with E-state index in [1.807, 2.05) is 18.3 Å². The molecule has 0 atom stereocenters. The fourth-order valence-corrected chi connectivity index (χ4v) is 3.23. The minimum Gasteiger partial charge on any atom is -0.264 e. The van der Waals surface area contributed by atoms with Crippen molar-refractivity contribution in [2.75, 3.05) is 0 Å². The summed E-state index contributed by atoms with van der Waals surface area (Å²) in [6, 6.07) is 3.96. The van der Waals surface area contributed by atoms with Gasteiger partial charge in [0.25, 0.3) is 0 Å². The van der Waals surface area contributed by atoms with Gasteiger partial charge in [-0.3, -0.25) is 4.98 Å². The Hall–Kier alpha value is -0.740. The summed E-state index contributed by atoms with van der Waals surface area (Å²) in [6.45, 7) is 4.34. The van der Waals surface area contributed by atoms with Crippen molar-refractivity contribution in [1.82, 2.24) is 9.97 Å². The first-order chi connectivity index (χ1) is 7.18. The maximum Gasteiger partial charge on any atom is 0.126 e. The van der Waals surface area contributed by atoms with E-state index < -0.39 is 0 Å². The quantitative estimate of drug-likeness (QED) is 0.829. The zero-order valence-electron chi connectivity index (χ0n) is 8.57. The smallest absolute Gasteiger partial charge is 0.126 e. The first-order valence-electron chi connectivity index (χ1n) is 4.75. The average Bonchev–Trinajstić information content (AvgIpc) is 2.62. The molecule has 0 spiro atoms. The molecule has 2 aromatic rings. The highest BCUT2D eigenvalue weighted by molar-refractivity contribution is 9.10. The van der Waals surface area contributed by atoms with Gasteiger partial charge in [0.15, 0.2) is 0 Å². The van der Waals surface area contributed by atoms with Gasteiger partial charge < -0.3 is 0 Å². The maximum absolute atomic E-state index is 4.50. The van der Waals surface area contributed by atoms with Crippen LogP contribution in [-0.2, 0) is 0 Å². The zero-order valence-corrected chi connectivity index (χ0v) is 11.0. The fraction of sp³-hybridized carbons (Fsp3) is 0.273. The highest BCUT2D eigenvalue weighted by atomic mass is 79.9. The molecule has 0 fully saturated rings. The molecule has 0 unspecified atom stereocenters. The van der Waals surface area contributed by atoms with Crippen LogP contribution >= 0.6 is 27.3 Å². The minimum atomic E-state index is 0.502. The molecule has 2 rings (SSSR count). The predicted octanol–water partition coefficient (Wildman–Crippen LogP) is 4.09. The van der Waals surface area contributed by atoms with Gasteiger partial charge in [-0.25, -0.2) is 4.98 Å². The fourth-order valence-electron chi connectivity index (χ4n) is 1.28. The summed E-state index contributed by atoms with van der Waals surface area (Å²) >= 11 is 5.22. The van der Waals surface area contributed by atoms with Gasteiger partial charge in [0.2, 0.25) is 0 Å². The number of nitrogens with zero attached hydrogens (tertiary/aromatic N) is 2. The van der Waals surface area contributed by atoms with Crippen molar-refractivity contribution in [1.29, 1.82) is 0 Å². The van der Waals surface area contributed by atoms with E-state index in [1.54, 1.807) is 17.5 Å². The molecule has 2 nitrogen and oxygen atoms in total. The van der Waals surface area contributed by atoms with E-state index in [9.17, 15) is 0 Å². The van der Waals surface area contributed by atoms with Gasteiger partial charge in [-0.05, 0) is 34.0 Å². The first-order valence-corrected chi connectivity index (χ1v) is 6.36. The van der Waals surface area contributed by atoms with Crippen LogP contribution in [0, 0.1) is 0 Å². The Kier molecular flexibility index (Phi) is 3.17. The summed E-state index contributed by atoms with van der Waals surface area (Å²) < 4.78 is 0.960. The van der Waals surface area contributed by atoms with Gasteiger partial charge in [-0.15, -0.1) is 11.3 Å². The number of halogens is 1. The van der Waals surface area contributed by atoms with Crippen molar-refractivity contribution in [2.45, 2.75) is 19.8 Å². The van der Waals surface area contributed by atoms with Gasteiger partial charge in [-0.2, -0.15) is 0 Å². The number of rotatable bonds is 2. The van der Waals surface area contributed by atoms with Crippen molar-refractivity contribution in [3.05, 3.63) is 34.0 Å². The lowest BCUT2D eigenvalue weighted by molar-refractivity contribution is 0.879. The van der Waals surface area contributed by atoms with E-state index >= 15 is 0 Å². The van der Waals surface area contributed by atoms with Gasteiger partial charge in [-0.1, -0.05) is 13.8 Å². The van der Waals surface area contributed by atoms with Crippen molar-refractivity contribution in [3.8, 4) is 10.6 Å². The molecule has 0 aliphatic rings. The van der Waals surface area contributed by atoms with Crippen LogP contribution in [-0.4, -0.2) is 9.97 Å². The minimum absolute atomic E-state index is 0.502. The van der Waals surface area contributed by atoms with Crippen molar-refractivity contribution in [2.24, 2.45) is 0 Å². The Morgan fingerprint density at radius 1 is 1.40 bits per heavy atom. The average molecular weight is 283 g/mol. The third-order valence-corrected chi connectivity index (χ3v) is 4.31. The second-order valence-electron chi connectivity index (χ2n) is 3.57. The first kappa shape index (κ1) is 10.8. The molecule has 0 aliphatic heterocycles. The summed E-state index contributed by atoms with van der Waals surface area (Å²) in [4.78, 5) is 9.88. The van der Waals surface area contributed by atoms with E-state index in [1.165, 1.54) is 4.88 Å². The summed E-state index contributed by atoms with van der Waals surface area (Å²) in [5, 5.41) is 1.03. The molecule has 0 radical (unpaired) electrons. The Labute approximate surface area is 102 Å². The topological polar surface area (TPSA) is 25.8 Å². The normalized spacial score (nSPS) is 10.9. The molecule has 0 N–H and O–H groups in total. The maximum atomic E-state index is 4.50. The standard InChI is InChI=1S/C11H11BrN2S/c1-7(2)9-10(12)14-11(15-9)8-4-3-5-13-6-8/h3-7H,1-2H3. The highest BCUT2D eigenvalue weighted by Gasteiger charge is 2.12. The third kappa shape index (κ3) is 2.26. The van der Waals surface area contributed by atoms with Crippen molar-refractivity contribution >= 4 is 27.3 Å². The molecule has 15 heavy (non-hydrogen) atoms. The van der Waals surface area contributed by atoms with Crippen LogP contribution in [0.3, 0.4) is 0 Å². The van der Waals surface area contributed by atoms with Gasteiger partial charge in [0, 0.05) is 22.8 Å². The SMILES string of the molecule is CC(C)c1sc(-c2cccnc2)nc1Br. The molecule has 2 heterocycles. The van der Waals surface area contributed by atoms with E-state index in [4.69, 9.17) is 0 Å². The number of thiazole rings is 1. The molecule has 0 saturated carbocycles. The third-order valence-electron chi connectivity index (χ3n) is 2.04. The molecule has 0 saturated heterocycles. The molecule has 0 aliphatic carbocycles. The predicted molar refractivity (Wildman–Crippen MR) is 67.1 cm³/mol. The molecule has 4 heteroatoms. The number of aromatic nitrogens is 2. The lowest BCUT2D eigenvalue weighted by Crippen LogP contribution is -1.81. The van der Waals surface area contributed by atoms with Crippen LogP contribution < -0.4 is 0 Å². The van der Waals surface area contributed by atoms with Crippen LogP contribution in [0.25, 0.3) is 10.6 Å². The van der Waals surface area contributed by atoms with Crippen molar-refractivity contribution in [3.63, 3.8) is 0 Å². The Balaban J connectivity index is 2.43. The second kappa shape index (κ2) is 4.41. The summed E-state index contributed by atoms with van der Waals surface area (Å²) in [5.41, 5.74) is 1.08. The Morgan fingerprint density at radius 3 is 2.73 bits per heavy atom. The Bertz CT molecular complexity index is 451. The lowest BCUT2D eigenvalue weighted by atomic mass is 10.2. The van der Waals surface area contributed by atoms with Crippen LogP contribution in [0.2, 0.25) is 0 Å². The summed E-state index contributed by atoms with van der Waals surface area (Å²) in [7, 11) is 0. The number of hydrogen-bond acceptors (Lipinski definition) is 3. The van der Waals surface area contributed by atoms with Crippen LogP contribution in [0.5, 0.6) is 0 Å². The lowest BCUT2D eigenvalue weighted by Gasteiger charge is -1.98. The van der Waals surface area contributed by atoms with E-state index in [-0.39, 0.29) is 0 Å². The van der Waals surface area contributed by atoms with Crippen LogP contribution in [0.4, 0.5) is 0 Å². The molecular formula is C11H11BrN2S.